The first kappa shape index (κ1) is 11.0. The largest absolute Gasteiger partial charge is 0.395 e. The molecule has 0 aliphatic carbocycles. The Balaban J connectivity index is 4.05. The Morgan fingerprint density at radius 2 is 2.17 bits per heavy atom. The number of carbonyl (C=O) groups is 1. The molecule has 0 saturated heterocycles. The Bertz CT molecular complexity index is 184. The van der Waals surface area contributed by atoms with Crippen LogP contribution in [0.3, 0.4) is 0 Å². The third kappa shape index (κ3) is 3.99. The molecule has 0 spiro atoms. The van der Waals surface area contributed by atoms with Gasteiger partial charge in [-0.05, 0) is 19.3 Å². The second-order valence-electron chi connectivity index (χ2n) is 2.39. The van der Waals surface area contributed by atoms with Crippen molar-refractivity contribution < 1.29 is 9.90 Å². The fraction of sp³-hybridized carbons (Fsp3) is 0.667. The van der Waals surface area contributed by atoms with Crippen molar-refractivity contribution >= 4 is 5.91 Å². The van der Waals surface area contributed by atoms with Gasteiger partial charge in [-0.3, -0.25) is 4.79 Å². The van der Waals surface area contributed by atoms with E-state index < -0.39 is 0 Å². The van der Waals surface area contributed by atoms with Gasteiger partial charge in [0.05, 0.1) is 6.61 Å². The lowest BCUT2D eigenvalue weighted by Crippen LogP contribution is -2.33. The number of hydrogen-bond donors (Lipinski definition) is 1. The standard InChI is InChI=1S/C9H15NO2/c1-3-5-9(12)10(6-4-2)7-8-11/h11H,4,6-8H2,1-2H3. The summed E-state index contributed by atoms with van der Waals surface area (Å²) in [6.45, 7) is 4.64. The highest BCUT2D eigenvalue weighted by Crippen LogP contribution is 1.91. The molecule has 3 nitrogen and oxygen atoms in total. The molecule has 0 unspecified atom stereocenters. The zero-order valence-electron chi connectivity index (χ0n) is 7.63. The van der Waals surface area contributed by atoms with Crippen LogP contribution in [0.4, 0.5) is 0 Å². The maximum atomic E-state index is 11.2. The fourth-order valence-corrected chi connectivity index (χ4v) is 0.892. The van der Waals surface area contributed by atoms with E-state index in [0.717, 1.165) is 6.42 Å². The molecule has 12 heavy (non-hydrogen) atoms. The summed E-state index contributed by atoms with van der Waals surface area (Å²) in [5.74, 6) is 4.78. The quantitative estimate of drug-likeness (QED) is 0.612. The van der Waals surface area contributed by atoms with Crippen molar-refractivity contribution in [3.8, 4) is 11.8 Å². The average molecular weight is 169 g/mol. The normalized spacial score (nSPS) is 8.58. The van der Waals surface area contributed by atoms with Crippen LogP contribution >= 0.6 is 0 Å². The van der Waals surface area contributed by atoms with E-state index in [4.69, 9.17) is 5.11 Å². The second kappa shape index (κ2) is 6.68. The molecule has 0 aromatic heterocycles. The van der Waals surface area contributed by atoms with Crippen LogP contribution in [0.5, 0.6) is 0 Å². The van der Waals surface area contributed by atoms with Crippen LogP contribution in [0.25, 0.3) is 0 Å². The Morgan fingerprint density at radius 1 is 1.50 bits per heavy atom. The number of aliphatic hydroxyl groups is 1. The van der Waals surface area contributed by atoms with Gasteiger partial charge in [0, 0.05) is 13.1 Å². The number of hydrogen-bond acceptors (Lipinski definition) is 2. The summed E-state index contributed by atoms with van der Waals surface area (Å²) in [4.78, 5) is 12.7. The molecule has 68 valence electrons. The van der Waals surface area contributed by atoms with E-state index in [1.165, 1.54) is 0 Å². The SMILES string of the molecule is CC#CC(=O)N(CCC)CCO. The third-order valence-corrected chi connectivity index (χ3v) is 1.38. The van der Waals surface area contributed by atoms with Gasteiger partial charge in [-0.25, -0.2) is 0 Å². The molecule has 0 bridgehead atoms. The van der Waals surface area contributed by atoms with Gasteiger partial charge in [0.2, 0.25) is 0 Å². The van der Waals surface area contributed by atoms with Gasteiger partial charge >= 0.3 is 0 Å². The number of amides is 1. The highest BCUT2D eigenvalue weighted by atomic mass is 16.3. The zero-order chi connectivity index (χ0) is 9.40. The highest BCUT2D eigenvalue weighted by molar-refractivity contribution is 5.93. The van der Waals surface area contributed by atoms with Gasteiger partial charge in [0.25, 0.3) is 5.91 Å². The smallest absolute Gasteiger partial charge is 0.298 e. The molecule has 0 aromatic carbocycles. The average Bonchev–Trinajstić information content (AvgIpc) is 2.04. The van der Waals surface area contributed by atoms with Crippen LogP contribution < -0.4 is 0 Å². The molecule has 0 saturated carbocycles. The van der Waals surface area contributed by atoms with Crippen LogP contribution in [-0.4, -0.2) is 35.6 Å². The number of carbonyl (C=O) groups excluding carboxylic acids is 1. The summed E-state index contributed by atoms with van der Waals surface area (Å²) in [5, 5.41) is 8.64. The predicted molar refractivity (Wildman–Crippen MR) is 47.4 cm³/mol. The zero-order valence-corrected chi connectivity index (χ0v) is 7.63. The van der Waals surface area contributed by atoms with Gasteiger partial charge in [0.1, 0.15) is 0 Å². The van der Waals surface area contributed by atoms with Crippen LogP contribution in [0.2, 0.25) is 0 Å². The molecule has 1 amide bonds. The van der Waals surface area contributed by atoms with Crippen molar-refractivity contribution in [2.45, 2.75) is 20.3 Å². The van der Waals surface area contributed by atoms with E-state index in [1.54, 1.807) is 11.8 Å². The molecule has 1 N–H and O–H groups in total. The van der Waals surface area contributed by atoms with Crippen molar-refractivity contribution in [1.29, 1.82) is 0 Å². The van der Waals surface area contributed by atoms with Gasteiger partial charge < -0.3 is 10.0 Å². The van der Waals surface area contributed by atoms with Gasteiger partial charge in [-0.1, -0.05) is 12.8 Å². The van der Waals surface area contributed by atoms with Crippen LogP contribution in [0, 0.1) is 11.8 Å². The van der Waals surface area contributed by atoms with Crippen molar-refractivity contribution in [2.24, 2.45) is 0 Å². The van der Waals surface area contributed by atoms with E-state index in [1.807, 2.05) is 6.92 Å². The summed E-state index contributed by atoms with van der Waals surface area (Å²) in [6, 6.07) is 0. The van der Waals surface area contributed by atoms with E-state index in [0.29, 0.717) is 13.1 Å². The third-order valence-electron chi connectivity index (χ3n) is 1.38. The summed E-state index contributed by atoms with van der Waals surface area (Å²) in [6.07, 6.45) is 0.886. The molecular weight excluding hydrogens is 154 g/mol. The summed E-state index contributed by atoms with van der Waals surface area (Å²) < 4.78 is 0. The molecular formula is C9H15NO2. The van der Waals surface area contributed by atoms with E-state index in [-0.39, 0.29) is 12.5 Å². The fourth-order valence-electron chi connectivity index (χ4n) is 0.892. The molecule has 0 aliphatic rings. The molecule has 0 atom stereocenters. The summed E-state index contributed by atoms with van der Waals surface area (Å²) >= 11 is 0. The van der Waals surface area contributed by atoms with Crippen LogP contribution in [0.1, 0.15) is 20.3 Å². The monoisotopic (exact) mass is 169 g/mol. The minimum absolute atomic E-state index is 0.00284. The van der Waals surface area contributed by atoms with Crippen molar-refractivity contribution in [1.82, 2.24) is 4.90 Å². The minimum atomic E-state index is -0.201. The summed E-state index contributed by atoms with van der Waals surface area (Å²) in [7, 11) is 0. The molecule has 0 aliphatic heterocycles. The topological polar surface area (TPSA) is 40.5 Å². The lowest BCUT2D eigenvalue weighted by atomic mass is 10.4. The Labute approximate surface area is 73.4 Å². The van der Waals surface area contributed by atoms with Crippen LogP contribution in [0.15, 0.2) is 0 Å². The first-order chi connectivity index (χ1) is 5.76. The van der Waals surface area contributed by atoms with E-state index in [9.17, 15) is 4.79 Å². The number of rotatable bonds is 4. The molecule has 0 rings (SSSR count). The summed E-state index contributed by atoms with van der Waals surface area (Å²) in [5.41, 5.74) is 0. The Kier molecular flexibility index (Phi) is 6.12. The number of nitrogens with zero attached hydrogens (tertiary/aromatic N) is 1. The molecule has 0 heterocycles. The first-order valence-corrected chi connectivity index (χ1v) is 4.08. The van der Waals surface area contributed by atoms with E-state index >= 15 is 0 Å². The maximum Gasteiger partial charge on any atom is 0.298 e. The van der Waals surface area contributed by atoms with Gasteiger partial charge in [-0.2, -0.15) is 0 Å². The van der Waals surface area contributed by atoms with Crippen molar-refractivity contribution in [3.63, 3.8) is 0 Å². The second-order valence-corrected chi connectivity index (χ2v) is 2.39. The predicted octanol–water partition coefficient (Wildman–Crippen LogP) is 0.241. The lowest BCUT2D eigenvalue weighted by molar-refractivity contribution is -0.125. The molecule has 0 aromatic rings. The lowest BCUT2D eigenvalue weighted by Gasteiger charge is -2.17. The Hall–Kier alpha value is -1.01. The molecule has 3 heteroatoms. The van der Waals surface area contributed by atoms with Gasteiger partial charge in [-0.15, -0.1) is 0 Å². The maximum absolute atomic E-state index is 11.2. The van der Waals surface area contributed by atoms with Gasteiger partial charge in [0.15, 0.2) is 0 Å². The Morgan fingerprint density at radius 3 is 2.58 bits per heavy atom. The highest BCUT2D eigenvalue weighted by Gasteiger charge is 2.07. The van der Waals surface area contributed by atoms with Crippen molar-refractivity contribution in [3.05, 3.63) is 0 Å². The minimum Gasteiger partial charge on any atom is -0.395 e. The van der Waals surface area contributed by atoms with Crippen molar-refractivity contribution in [2.75, 3.05) is 19.7 Å². The number of aliphatic hydroxyl groups excluding tert-OH is 1. The van der Waals surface area contributed by atoms with Crippen LogP contribution in [-0.2, 0) is 4.79 Å². The molecule has 0 fully saturated rings. The molecule has 0 radical (unpaired) electrons. The van der Waals surface area contributed by atoms with E-state index in [2.05, 4.69) is 11.8 Å². The first-order valence-electron chi connectivity index (χ1n) is 4.08.